The summed E-state index contributed by atoms with van der Waals surface area (Å²) in [4.78, 5) is 16.0. The minimum absolute atomic E-state index is 0.0907. The third-order valence-corrected chi connectivity index (χ3v) is 4.44. The van der Waals surface area contributed by atoms with E-state index in [4.69, 9.17) is 4.74 Å². The SMILES string of the molecule is CCCCOc1ccccc1CN1CCN2C(=O)NC[C@@H]2C1. The molecule has 1 N–H and O–H groups in total. The fourth-order valence-electron chi connectivity index (χ4n) is 3.15. The third kappa shape index (κ3) is 3.35. The number of urea groups is 1. The molecule has 0 bridgehead atoms. The van der Waals surface area contributed by atoms with Crippen molar-refractivity contribution in [1.82, 2.24) is 15.1 Å². The summed E-state index contributed by atoms with van der Waals surface area (Å²) in [6.07, 6.45) is 2.23. The molecule has 1 aromatic carbocycles. The molecule has 2 aliphatic rings. The average molecular weight is 303 g/mol. The Balaban J connectivity index is 1.60. The molecular weight excluding hydrogens is 278 g/mol. The quantitative estimate of drug-likeness (QED) is 0.818. The molecular formula is C17H25N3O2. The van der Waals surface area contributed by atoms with Crippen molar-refractivity contribution in [3.8, 4) is 5.75 Å². The van der Waals surface area contributed by atoms with Gasteiger partial charge in [0.2, 0.25) is 0 Å². The fourth-order valence-corrected chi connectivity index (χ4v) is 3.15. The normalized spacial score (nSPS) is 21.6. The monoisotopic (exact) mass is 303 g/mol. The highest BCUT2D eigenvalue weighted by molar-refractivity contribution is 5.77. The van der Waals surface area contributed by atoms with Crippen molar-refractivity contribution >= 4 is 6.03 Å². The van der Waals surface area contributed by atoms with E-state index >= 15 is 0 Å². The second kappa shape index (κ2) is 7.01. The van der Waals surface area contributed by atoms with Crippen molar-refractivity contribution in [3.63, 3.8) is 0 Å². The fraction of sp³-hybridized carbons (Fsp3) is 0.588. The molecule has 2 saturated heterocycles. The van der Waals surface area contributed by atoms with Crippen LogP contribution in [0, 0.1) is 0 Å². The summed E-state index contributed by atoms with van der Waals surface area (Å²) >= 11 is 0. The number of amides is 2. The largest absolute Gasteiger partial charge is 0.493 e. The Morgan fingerprint density at radius 1 is 1.32 bits per heavy atom. The van der Waals surface area contributed by atoms with Crippen LogP contribution in [0.1, 0.15) is 25.3 Å². The zero-order valence-electron chi connectivity index (χ0n) is 13.3. The molecule has 0 saturated carbocycles. The lowest BCUT2D eigenvalue weighted by molar-refractivity contribution is 0.115. The summed E-state index contributed by atoms with van der Waals surface area (Å²) in [5.41, 5.74) is 1.24. The molecule has 2 aliphatic heterocycles. The lowest BCUT2D eigenvalue weighted by atomic mass is 10.1. The number of hydrogen-bond acceptors (Lipinski definition) is 3. The number of para-hydroxylation sites is 1. The van der Waals surface area contributed by atoms with Gasteiger partial charge in [0.05, 0.1) is 12.6 Å². The molecule has 2 heterocycles. The Morgan fingerprint density at radius 2 is 2.18 bits per heavy atom. The number of piperazine rings is 1. The maximum Gasteiger partial charge on any atom is 0.317 e. The molecule has 22 heavy (non-hydrogen) atoms. The van der Waals surface area contributed by atoms with Crippen molar-refractivity contribution in [2.75, 3.05) is 32.8 Å². The van der Waals surface area contributed by atoms with Gasteiger partial charge in [-0.2, -0.15) is 0 Å². The molecule has 1 atom stereocenters. The van der Waals surface area contributed by atoms with Crippen LogP contribution in [0.25, 0.3) is 0 Å². The Labute approximate surface area is 132 Å². The predicted octanol–water partition coefficient (Wildman–Crippen LogP) is 2.07. The minimum Gasteiger partial charge on any atom is -0.493 e. The summed E-state index contributed by atoms with van der Waals surface area (Å²) in [6.45, 7) is 7.28. The second-order valence-electron chi connectivity index (χ2n) is 6.08. The van der Waals surface area contributed by atoms with Gasteiger partial charge < -0.3 is 15.0 Å². The van der Waals surface area contributed by atoms with Crippen molar-refractivity contribution in [2.45, 2.75) is 32.4 Å². The minimum atomic E-state index is 0.0907. The van der Waals surface area contributed by atoms with Crippen LogP contribution in [0.2, 0.25) is 0 Å². The van der Waals surface area contributed by atoms with E-state index in [1.165, 1.54) is 5.56 Å². The topological polar surface area (TPSA) is 44.8 Å². The van der Waals surface area contributed by atoms with E-state index < -0.39 is 0 Å². The number of carbonyl (C=O) groups excluding carboxylic acids is 1. The van der Waals surface area contributed by atoms with Crippen molar-refractivity contribution in [3.05, 3.63) is 29.8 Å². The van der Waals surface area contributed by atoms with Gasteiger partial charge in [0.25, 0.3) is 0 Å². The number of nitrogens with zero attached hydrogens (tertiary/aromatic N) is 2. The molecule has 1 aromatic rings. The van der Waals surface area contributed by atoms with Gasteiger partial charge in [-0.3, -0.25) is 4.90 Å². The molecule has 2 fully saturated rings. The van der Waals surface area contributed by atoms with Gasteiger partial charge in [-0.1, -0.05) is 31.5 Å². The van der Waals surface area contributed by atoms with Gasteiger partial charge in [-0.25, -0.2) is 4.79 Å². The molecule has 2 amide bonds. The highest BCUT2D eigenvalue weighted by atomic mass is 16.5. The first kappa shape index (κ1) is 15.2. The standard InChI is InChI=1S/C17H25N3O2/c1-2-3-10-22-16-7-5-4-6-14(16)12-19-8-9-20-15(13-19)11-18-17(20)21/h4-7,15H,2-3,8-13H2,1H3,(H,18,21)/t15-/m1/s1. The number of benzene rings is 1. The molecule has 3 rings (SSSR count). The molecule has 0 aromatic heterocycles. The molecule has 5 heteroatoms. The number of rotatable bonds is 6. The summed E-state index contributed by atoms with van der Waals surface area (Å²) in [5.74, 6) is 0.999. The summed E-state index contributed by atoms with van der Waals surface area (Å²) in [7, 11) is 0. The Hall–Kier alpha value is -1.75. The van der Waals surface area contributed by atoms with Crippen LogP contribution in [-0.4, -0.2) is 54.7 Å². The van der Waals surface area contributed by atoms with E-state index in [0.29, 0.717) is 6.04 Å². The third-order valence-electron chi connectivity index (χ3n) is 4.44. The zero-order chi connectivity index (χ0) is 15.4. The number of unbranched alkanes of at least 4 members (excludes halogenated alkanes) is 1. The maximum atomic E-state index is 11.7. The van der Waals surface area contributed by atoms with Gasteiger partial charge in [0.1, 0.15) is 5.75 Å². The maximum absolute atomic E-state index is 11.7. The van der Waals surface area contributed by atoms with Crippen LogP contribution < -0.4 is 10.1 Å². The highest BCUT2D eigenvalue weighted by Crippen LogP contribution is 2.22. The van der Waals surface area contributed by atoms with E-state index in [1.54, 1.807) is 0 Å². The van der Waals surface area contributed by atoms with Crippen LogP contribution in [0.3, 0.4) is 0 Å². The lowest BCUT2D eigenvalue weighted by Gasteiger charge is -2.36. The van der Waals surface area contributed by atoms with Crippen molar-refractivity contribution in [1.29, 1.82) is 0 Å². The molecule has 0 spiro atoms. The second-order valence-corrected chi connectivity index (χ2v) is 6.08. The van der Waals surface area contributed by atoms with E-state index in [1.807, 2.05) is 11.0 Å². The number of ether oxygens (including phenoxy) is 1. The van der Waals surface area contributed by atoms with Crippen LogP contribution in [-0.2, 0) is 6.54 Å². The van der Waals surface area contributed by atoms with Gasteiger partial charge in [0.15, 0.2) is 0 Å². The highest BCUT2D eigenvalue weighted by Gasteiger charge is 2.35. The van der Waals surface area contributed by atoms with Gasteiger partial charge in [-0.05, 0) is 12.5 Å². The number of fused-ring (bicyclic) bond motifs is 1. The summed E-state index contributed by atoms with van der Waals surface area (Å²) in [6, 6.07) is 8.71. The first-order chi connectivity index (χ1) is 10.8. The van der Waals surface area contributed by atoms with Crippen molar-refractivity contribution in [2.24, 2.45) is 0 Å². The smallest absolute Gasteiger partial charge is 0.317 e. The summed E-state index contributed by atoms with van der Waals surface area (Å²) < 4.78 is 5.92. The number of nitrogens with one attached hydrogen (secondary N) is 1. The van der Waals surface area contributed by atoms with E-state index in [-0.39, 0.29) is 6.03 Å². The number of hydrogen-bond donors (Lipinski definition) is 1. The molecule has 120 valence electrons. The van der Waals surface area contributed by atoms with E-state index in [9.17, 15) is 4.79 Å². The molecule has 0 unspecified atom stereocenters. The average Bonchev–Trinajstić information content (AvgIpc) is 2.90. The zero-order valence-corrected chi connectivity index (χ0v) is 13.3. The van der Waals surface area contributed by atoms with Crippen LogP contribution in [0.4, 0.5) is 4.79 Å². The van der Waals surface area contributed by atoms with Gasteiger partial charge in [-0.15, -0.1) is 0 Å². The molecule has 0 aliphatic carbocycles. The summed E-state index contributed by atoms with van der Waals surface area (Å²) in [5, 5.41) is 2.93. The van der Waals surface area contributed by atoms with Crippen LogP contribution >= 0.6 is 0 Å². The first-order valence-electron chi connectivity index (χ1n) is 8.25. The number of carbonyl (C=O) groups is 1. The lowest BCUT2D eigenvalue weighted by Crippen LogP contribution is -2.51. The van der Waals surface area contributed by atoms with Gasteiger partial charge in [0, 0.05) is 38.3 Å². The van der Waals surface area contributed by atoms with E-state index in [2.05, 4.69) is 35.3 Å². The van der Waals surface area contributed by atoms with Gasteiger partial charge >= 0.3 is 6.03 Å². The van der Waals surface area contributed by atoms with Crippen LogP contribution in [0.15, 0.2) is 24.3 Å². The Morgan fingerprint density at radius 3 is 3.05 bits per heavy atom. The predicted molar refractivity (Wildman–Crippen MR) is 86.0 cm³/mol. The molecule has 5 nitrogen and oxygen atoms in total. The Bertz CT molecular complexity index is 520. The Kier molecular flexibility index (Phi) is 4.83. The van der Waals surface area contributed by atoms with E-state index in [0.717, 1.165) is 57.9 Å². The molecule has 0 radical (unpaired) electrons. The van der Waals surface area contributed by atoms with Crippen molar-refractivity contribution < 1.29 is 9.53 Å². The first-order valence-corrected chi connectivity index (χ1v) is 8.25. The van der Waals surface area contributed by atoms with Crippen LogP contribution in [0.5, 0.6) is 5.75 Å².